The lowest BCUT2D eigenvalue weighted by Gasteiger charge is -2.38. The molecule has 0 amide bonds. The van der Waals surface area contributed by atoms with E-state index >= 15 is 0 Å². The predicted octanol–water partition coefficient (Wildman–Crippen LogP) is 1.82. The van der Waals surface area contributed by atoms with E-state index in [4.69, 9.17) is 14.2 Å². The molecule has 0 radical (unpaired) electrons. The lowest BCUT2D eigenvalue weighted by atomic mass is 9.75. The lowest BCUT2D eigenvalue weighted by molar-refractivity contribution is 0.0338. The van der Waals surface area contributed by atoms with Gasteiger partial charge in [-0.3, -0.25) is 4.98 Å². The minimum Gasteiger partial charge on any atom is -0.495 e. The van der Waals surface area contributed by atoms with Crippen molar-refractivity contribution in [3.05, 3.63) is 30.1 Å². The Bertz CT molecular complexity index is 699. The summed E-state index contributed by atoms with van der Waals surface area (Å²) in [6.07, 6.45) is 4.62. The highest BCUT2D eigenvalue weighted by Gasteiger charge is 2.35. The summed E-state index contributed by atoms with van der Waals surface area (Å²) in [5, 5.41) is 13.1. The number of hydrogen-bond acceptors (Lipinski definition) is 8. The topological polar surface area (TPSA) is 98.6 Å². The van der Waals surface area contributed by atoms with Gasteiger partial charge >= 0.3 is 6.01 Å². The monoisotopic (exact) mass is 346 g/mol. The minimum absolute atomic E-state index is 0.0738. The maximum Gasteiger partial charge on any atom is 0.321 e. The molecule has 8 nitrogen and oxygen atoms in total. The fraction of sp³-hybridized carbons (Fsp3) is 0.471. The molecule has 0 aliphatic heterocycles. The smallest absolute Gasteiger partial charge is 0.321 e. The van der Waals surface area contributed by atoms with Crippen LogP contribution < -0.4 is 19.5 Å². The van der Waals surface area contributed by atoms with Crippen molar-refractivity contribution < 1.29 is 19.3 Å². The quantitative estimate of drug-likeness (QED) is 0.783. The molecule has 2 aromatic rings. The molecule has 0 unspecified atom stereocenters. The number of ether oxygens (including phenoxy) is 3. The highest BCUT2D eigenvalue weighted by atomic mass is 16.5. The Hall–Kier alpha value is -2.61. The summed E-state index contributed by atoms with van der Waals surface area (Å²) in [6, 6.07) is 3.79. The molecular weight excluding hydrogens is 324 g/mol. The summed E-state index contributed by atoms with van der Waals surface area (Å²) in [4.78, 5) is 12.7. The fourth-order valence-corrected chi connectivity index (χ4v) is 2.93. The third-order valence-corrected chi connectivity index (χ3v) is 4.33. The lowest BCUT2D eigenvalue weighted by Crippen LogP contribution is -2.36. The highest BCUT2D eigenvalue weighted by Crippen LogP contribution is 2.40. The molecule has 3 rings (SSSR count). The third-order valence-electron chi connectivity index (χ3n) is 4.33. The molecule has 2 aromatic heterocycles. The van der Waals surface area contributed by atoms with Gasteiger partial charge in [0.15, 0.2) is 0 Å². The molecule has 1 saturated carbocycles. The number of methoxy groups -OCH3 is 3. The molecule has 25 heavy (non-hydrogen) atoms. The number of hydrogen-bond donors (Lipinski definition) is 2. The van der Waals surface area contributed by atoms with Crippen LogP contribution in [-0.4, -0.2) is 47.5 Å². The van der Waals surface area contributed by atoms with E-state index in [2.05, 4.69) is 20.3 Å². The molecule has 0 spiro atoms. The maximum absolute atomic E-state index is 9.71. The van der Waals surface area contributed by atoms with Gasteiger partial charge in [0, 0.05) is 12.3 Å². The van der Waals surface area contributed by atoms with Crippen LogP contribution in [0.25, 0.3) is 0 Å². The van der Waals surface area contributed by atoms with Crippen LogP contribution in [0.15, 0.2) is 24.5 Å². The number of aromatic nitrogens is 3. The summed E-state index contributed by atoms with van der Waals surface area (Å²) in [5.74, 6) is 1.93. The van der Waals surface area contributed by atoms with Crippen molar-refractivity contribution in [2.45, 2.75) is 25.0 Å². The number of anilines is 1. The second kappa shape index (κ2) is 7.52. The Balaban J connectivity index is 1.90. The number of rotatable bonds is 7. The first-order valence-electron chi connectivity index (χ1n) is 8.03. The van der Waals surface area contributed by atoms with Crippen LogP contribution in [0.3, 0.4) is 0 Å². The van der Waals surface area contributed by atoms with E-state index in [-0.39, 0.29) is 24.1 Å². The van der Waals surface area contributed by atoms with Crippen LogP contribution in [-0.2, 0) is 0 Å². The van der Waals surface area contributed by atoms with E-state index in [9.17, 15) is 5.11 Å². The number of nitrogens with zero attached hydrogens (tertiary/aromatic N) is 3. The summed E-state index contributed by atoms with van der Waals surface area (Å²) < 4.78 is 15.6. The van der Waals surface area contributed by atoms with Gasteiger partial charge in [-0.05, 0) is 30.4 Å². The Morgan fingerprint density at radius 1 is 1.08 bits per heavy atom. The Kier molecular flexibility index (Phi) is 5.18. The van der Waals surface area contributed by atoms with Crippen molar-refractivity contribution >= 4 is 5.82 Å². The second-order valence-electron chi connectivity index (χ2n) is 5.95. The molecule has 1 aliphatic carbocycles. The Morgan fingerprint density at radius 2 is 1.88 bits per heavy atom. The number of nitrogens with one attached hydrogen (secondary N) is 1. The first kappa shape index (κ1) is 17.2. The van der Waals surface area contributed by atoms with E-state index in [1.165, 1.54) is 14.2 Å². The molecule has 134 valence electrons. The van der Waals surface area contributed by atoms with Crippen molar-refractivity contribution in [2.24, 2.45) is 5.92 Å². The van der Waals surface area contributed by atoms with Gasteiger partial charge < -0.3 is 24.6 Å². The van der Waals surface area contributed by atoms with E-state index < -0.39 is 0 Å². The normalized spacial score (nSPS) is 20.3. The number of pyridine rings is 1. The zero-order chi connectivity index (χ0) is 17.8. The SMILES string of the molecule is COc1cncc([C@H](Nc2cc(OC)nc(OC)n2)C2CC(O)C2)c1. The van der Waals surface area contributed by atoms with Crippen LogP contribution >= 0.6 is 0 Å². The van der Waals surface area contributed by atoms with E-state index in [1.807, 2.05) is 6.07 Å². The van der Waals surface area contributed by atoms with Gasteiger partial charge in [-0.25, -0.2) is 0 Å². The van der Waals surface area contributed by atoms with Crippen molar-refractivity contribution in [1.82, 2.24) is 15.0 Å². The average Bonchev–Trinajstić information content (AvgIpc) is 2.63. The summed E-state index contributed by atoms with van der Waals surface area (Å²) in [6.45, 7) is 0. The van der Waals surface area contributed by atoms with Gasteiger partial charge in [0.2, 0.25) is 5.88 Å². The van der Waals surface area contributed by atoms with Gasteiger partial charge in [0.25, 0.3) is 0 Å². The first-order chi connectivity index (χ1) is 12.1. The maximum atomic E-state index is 9.71. The van der Waals surface area contributed by atoms with E-state index in [1.54, 1.807) is 25.6 Å². The van der Waals surface area contributed by atoms with Crippen molar-refractivity contribution in [2.75, 3.05) is 26.6 Å². The van der Waals surface area contributed by atoms with Crippen molar-refractivity contribution in [3.8, 4) is 17.6 Å². The molecule has 2 heterocycles. The van der Waals surface area contributed by atoms with Gasteiger partial charge in [0.05, 0.1) is 39.7 Å². The van der Waals surface area contributed by atoms with E-state index in [0.29, 0.717) is 30.3 Å². The first-order valence-corrected chi connectivity index (χ1v) is 8.03. The minimum atomic E-state index is -0.262. The molecule has 0 saturated heterocycles. The van der Waals surface area contributed by atoms with Crippen LogP contribution in [0.1, 0.15) is 24.4 Å². The van der Waals surface area contributed by atoms with Crippen LogP contribution in [0.5, 0.6) is 17.6 Å². The zero-order valence-corrected chi connectivity index (χ0v) is 14.5. The molecule has 1 fully saturated rings. The number of aliphatic hydroxyl groups excluding tert-OH is 1. The molecular formula is C17H22N4O4. The van der Waals surface area contributed by atoms with Gasteiger partial charge in [-0.2, -0.15) is 9.97 Å². The second-order valence-corrected chi connectivity index (χ2v) is 5.95. The van der Waals surface area contributed by atoms with Gasteiger partial charge in [0.1, 0.15) is 11.6 Å². The van der Waals surface area contributed by atoms with Crippen LogP contribution in [0.4, 0.5) is 5.82 Å². The largest absolute Gasteiger partial charge is 0.495 e. The molecule has 1 atom stereocenters. The Labute approximate surface area is 146 Å². The number of aliphatic hydroxyl groups is 1. The molecule has 2 N–H and O–H groups in total. The van der Waals surface area contributed by atoms with Crippen molar-refractivity contribution in [3.63, 3.8) is 0 Å². The predicted molar refractivity (Wildman–Crippen MR) is 91.0 cm³/mol. The van der Waals surface area contributed by atoms with Gasteiger partial charge in [-0.1, -0.05) is 0 Å². The molecule has 8 heteroatoms. The summed E-state index contributed by atoms with van der Waals surface area (Å²) >= 11 is 0. The third kappa shape index (κ3) is 3.90. The van der Waals surface area contributed by atoms with Crippen LogP contribution in [0, 0.1) is 5.92 Å². The fourth-order valence-electron chi connectivity index (χ4n) is 2.93. The van der Waals surface area contributed by atoms with E-state index in [0.717, 1.165) is 5.56 Å². The average molecular weight is 346 g/mol. The molecule has 1 aliphatic rings. The van der Waals surface area contributed by atoms with Gasteiger partial charge in [-0.15, -0.1) is 0 Å². The highest BCUT2D eigenvalue weighted by molar-refractivity contribution is 5.43. The molecule has 0 bridgehead atoms. The summed E-state index contributed by atoms with van der Waals surface area (Å²) in [7, 11) is 4.65. The van der Waals surface area contributed by atoms with Crippen molar-refractivity contribution in [1.29, 1.82) is 0 Å². The van der Waals surface area contributed by atoms with Crippen LogP contribution in [0.2, 0.25) is 0 Å². The molecule has 0 aromatic carbocycles. The zero-order valence-electron chi connectivity index (χ0n) is 14.5. The Morgan fingerprint density at radius 3 is 2.52 bits per heavy atom. The standard InChI is InChI=1S/C17H22N4O4/c1-23-13-6-11(8-18-9-13)16(10-4-12(22)5-10)19-14-7-15(24-2)21-17(20-14)25-3/h6-10,12,16,22H,4-5H2,1-3H3,(H,19,20,21)/t10?,12?,16-/m1/s1. The summed E-state index contributed by atoms with van der Waals surface area (Å²) in [5.41, 5.74) is 0.966.